The molecule has 15 heavy (non-hydrogen) atoms. The molecule has 78 valence electrons. The van der Waals surface area contributed by atoms with Gasteiger partial charge < -0.3 is 14.3 Å². The number of carboxylic acids is 1. The SMILES string of the molecule is COCc1nc2nc(C(=O)O)ccc2o1. The first-order chi connectivity index (χ1) is 7.20. The molecule has 0 saturated carbocycles. The van der Waals surface area contributed by atoms with Gasteiger partial charge in [0.25, 0.3) is 0 Å². The molecule has 1 N–H and O–H groups in total. The van der Waals surface area contributed by atoms with Gasteiger partial charge in [0.05, 0.1) is 0 Å². The van der Waals surface area contributed by atoms with Gasteiger partial charge in [0, 0.05) is 7.11 Å². The fourth-order valence-corrected chi connectivity index (χ4v) is 1.17. The summed E-state index contributed by atoms with van der Waals surface area (Å²) in [5.41, 5.74) is 0.675. The van der Waals surface area contributed by atoms with E-state index >= 15 is 0 Å². The smallest absolute Gasteiger partial charge is 0.354 e. The number of hydrogen-bond acceptors (Lipinski definition) is 5. The van der Waals surface area contributed by atoms with E-state index in [-0.39, 0.29) is 17.9 Å². The molecule has 0 aliphatic heterocycles. The molecule has 2 heterocycles. The van der Waals surface area contributed by atoms with E-state index in [1.165, 1.54) is 19.2 Å². The second-order valence-corrected chi connectivity index (χ2v) is 2.86. The molecule has 6 nitrogen and oxygen atoms in total. The number of hydrogen-bond donors (Lipinski definition) is 1. The molecule has 6 heteroatoms. The number of fused-ring (bicyclic) bond motifs is 1. The maximum atomic E-state index is 10.6. The van der Waals surface area contributed by atoms with Gasteiger partial charge in [-0.1, -0.05) is 0 Å². The summed E-state index contributed by atoms with van der Waals surface area (Å²) in [5, 5.41) is 8.71. The molecule has 0 saturated heterocycles. The van der Waals surface area contributed by atoms with Crippen LogP contribution in [0.2, 0.25) is 0 Å². The number of carbonyl (C=O) groups is 1. The van der Waals surface area contributed by atoms with Gasteiger partial charge in [-0.25, -0.2) is 9.78 Å². The lowest BCUT2D eigenvalue weighted by molar-refractivity contribution is 0.0691. The van der Waals surface area contributed by atoms with Crippen molar-refractivity contribution in [3.05, 3.63) is 23.7 Å². The topological polar surface area (TPSA) is 85.5 Å². The first-order valence-corrected chi connectivity index (χ1v) is 4.19. The molecule has 0 atom stereocenters. The average Bonchev–Trinajstić information content (AvgIpc) is 2.59. The molecule has 0 bridgehead atoms. The van der Waals surface area contributed by atoms with Crippen molar-refractivity contribution in [3.63, 3.8) is 0 Å². The molecule has 0 radical (unpaired) electrons. The Balaban J connectivity index is 2.47. The highest BCUT2D eigenvalue weighted by Crippen LogP contribution is 2.14. The van der Waals surface area contributed by atoms with E-state index < -0.39 is 5.97 Å². The van der Waals surface area contributed by atoms with Crippen molar-refractivity contribution in [2.24, 2.45) is 0 Å². The van der Waals surface area contributed by atoms with Crippen molar-refractivity contribution < 1.29 is 19.1 Å². The fourth-order valence-electron chi connectivity index (χ4n) is 1.17. The predicted octanol–water partition coefficient (Wildman–Crippen LogP) is 1.07. The van der Waals surface area contributed by atoms with E-state index in [1.54, 1.807) is 0 Å². The summed E-state index contributed by atoms with van der Waals surface area (Å²) in [6.07, 6.45) is 0. The lowest BCUT2D eigenvalue weighted by Crippen LogP contribution is -1.99. The third-order valence-electron chi connectivity index (χ3n) is 1.78. The van der Waals surface area contributed by atoms with Crippen LogP contribution in [0.3, 0.4) is 0 Å². The summed E-state index contributed by atoms with van der Waals surface area (Å²) >= 11 is 0. The zero-order valence-electron chi connectivity index (χ0n) is 7.93. The minimum absolute atomic E-state index is 0.0558. The minimum Gasteiger partial charge on any atom is -0.477 e. The van der Waals surface area contributed by atoms with E-state index in [2.05, 4.69) is 9.97 Å². The number of rotatable bonds is 3. The Hall–Kier alpha value is -1.95. The summed E-state index contributed by atoms with van der Waals surface area (Å²) in [7, 11) is 1.52. The molecule has 0 spiro atoms. The van der Waals surface area contributed by atoms with Crippen LogP contribution in [0.15, 0.2) is 16.5 Å². The first kappa shape index (κ1) is 9.60. The molecule has 2 aromatic rings. The van der Waals surface area contributed by atoms with Gasteiger partial charge in [0.15, 0.2) is 16.9 Å². The third kappa shape index (κ3) is 1.79. The molecule has 0 unspecified atom stereocenters. The molecular weight excluding hydrogens is 200 g/mol. The van der Waals surface area contributed by atoms with Gasteiger partial charge >= 0.3 is 5.97 Å². The molecule has 0 aliphatic rings. The van der Waals surface area contributed by atoms with Crippen LogP contribution in [0.1, 0.15) is 16.4 Å². The maximum absolute atomic E-state index is 10.6. The Morgan fingerprint density at radius 1 is 1.53 bits per heavy atom. The van der Waals surface area contributed by atoms with Crippen molar-refractivity contribution in [3.8, 4) is 0 Å². The third-order valence-corrected chi connectivity index (χ3v) is 1.78. The van der Waals surface area contributed by atoms with Crippen LogP contribution in [-0.4, -0.2) is 28.2 Å². The second kappa shape index (κ2) is 3.66. The number of aromatic nitrogens is 2. The van der Waals surface area contributed by atoms with Crippen LogP contribution in [0.4, 0.5) is 0 Å². The van der Waals surface area contributed by atoms with E-state index in [0.717, 1.165) is 0 Å². The van der Waals surface area contributed by atoms with Crippen molar-refractivity contribution >= 4 is 17.2 Å². The van der Waals surface area contributed by atoms with Crippen molar-refractivity contribution in [2.75, 3.05) is 7.11 Å². The number of aromatic carboxylic acids is 1. The minimum atomic E-state index is -1.09. The van der Waals surface area contributed by atoms with Crippen molar-refractivity contribution in [1.29, 1.82) is 0 Å². The van der Waals surface area contributed by atoms with Gasteiger partial charge in [-0.05, 0) is 12.1 Å². The highest BCUT2D eigenvalue weighted by Gasteiger charge is 2.10. The van der Waals surface area contributed by atoms with Crippen molar-refractivity contribution in [2.45, 2.75) is 6.61 Å². The highest BCUT2D eigenvalue weighted by molar-refractivity contribution is 5.87. The monoisotopic (exact) mass is 208 g/mol. The van der Waals surface area contributed by atoms with Crippen LogP contribution in [-0.2, 0) is 11.3 Å². The van der Waals surface area contributed by atoms with E-state index in [1.807, 2.05) is 0 Å². The summed E-state index contributed by atoms with van der Waals surface area (Å²) in [4.78, 5) is 18.4. The van der Waals surface area contributed by atoms with Gasteiger partial charge in [-0.15, -0.1) is 0 Å². The number of nitrogens with zero attached hydrogens (tertiary/aromatic N) is 2. The summed E-state index contributed by atoms with van der Waals surface area (Å²) in [6, 6.07) is 2.89. The second-order valence-electron chi connectivity index (χ2n) is 2.86. The van der Waals surface area contributed by atoms with E-state index in [0.29, 0.717) is 11.5 Å². The number of carboxylic acid groups (broad SMARTS) is 1. The molecule has 0 amide bonds. The average molecular weight is 208 g/mol. The predicted molar refractivity (Wildman–Crippen MR) is 49.5 cm³/mol. The summed E-state index contributed by atoms with van der Waals surface area (Å²) in [5.74, 6) is -0.712. The van der Waals surface area contributed by atoms with Crippen LogP contribution >= 0.6 is 0 Å². The Kier molecular flexibility index (Phi) is 2.34. The number of ether oxygens (including phenoxy) is 1. The zero-order valence-corrected chi connectivity index (χ0v) is 7.93. The van der Waals surface area contributed by atoms with Gasteiger partial charge in [0.2, 0.25) is 5.89 Å². The Labute approximate surface area is 84.5 Å². The van der Waals surface area contributed by atoms with Crippen LogP contribution in [0, 0.1) is 0 Å². The molecule has 0 aliphatic carbocycles. The van der Waals surface area contributed by atoms with Crippen LogP contribution < -0.4 is 0 Å². The first-order valence-electron chi connectivity index (χ1n) is 4.19. The van der Waals surface area contributed by atoms with Crippen molar-refractivity contribution in [1.82, 2.24) is 9.97 Å². The molecule has 2 aromatic heterocycles. The van der Waals surface area contributed by atoms with E-state index in [4.69, 9.17) is 14.3 Å². The summed E-state index contributed by atoms with van der Waals surface area (Å²) in [6.45, 7) is 0.235. The standard InChI is InChI=1S/C9H8N2O4/c1-14-4-7-11-8-6(15-7)3-2-5(10-8)9(12)13/h2-3H,4H2,1H3,(H,12,13). The molecule has 0 aromatic carbocycles. The van der Waals surface area contributed by atoms with Crippen LogP contribution in [0.25, 0.3) is 11.2 Å². The Bertz CT molecular complexity index is 506. The summed E-state index contributed by atoms with van der Waals surface area (Å²) < 4.78 is 10.1. The number of pyridine rings is 1. The fraction of sp³-hybridized carbons (Fsp3) is 0.222. The lowest BCUT2D eigenvalue weighted by Gasteiger charge is -1.90. The van der Waals surface area contributed by atoms with Gasteiger partial charge in [0.1, 0.15) is 6.61 Å². The van der Waals surface area contributed by atoms with Crippen LogP contribution in [0.5, 0.6) is 0 Å². The number of methoxy groups -OCH3 is 1. The molecule has 2 rings (SSSR count). The Morgan fingerprint density at radius 2 is 2.33 bits per heavy atom. The Morgan fingerprint density at radius 3 is 3.00 bits per heavy atom. The van der Waals surface area contributed by atoms with Gasteiger partial charge in [-0.3, -0.25) is 0 Å². The lowest BCUT2D eigenvalue weighted by atomic mass is 10.3. The number of oxazole rings is 1. The normalized spacial score (nSPS) is 10.7. The maximum Gasteiger partial charge on any atom is 0.354 e. The van der Waals surface area contributed by atoms with E-state index in [9.17, 15) is 4.79 Å². The zero-order chi connectivity index (χ0) is 10.8. The van der Waals surface area contributed by atoms with Gasteiger partial charge in [-0.2, -0.15) is 4.98 Å². The quantitative estimate of drug-likeness (QED) is 0.811. The molecule has 0 fully saturated rings. The largest absolute Gasteiger partial charge is 0.477 e. The highest BCUT2D eigenvalue weighted by atomic mass is 16.5. The molecular formula is C9H8N2O4.